The molecule has 5 N–H and O–H groups in total. The third kappa shape index (κ3) is 6.88. The zero-order chi connectivity index (χ0) is 25.5. The number of carbonyl (C=O) groups excluding carboxylic acids is 1. The molecule has 2 rings (SSSR count). The van der Waals surface area contributed by atoms with Gasteiger partial charge in [0.05, 0.1) is 36.0 Å². The highest BCUT2D eigenvalue weighted by molar-refractivity contribution is 5.90. The molecule has 0 aliphatic rings. The first kappa shape index (κ1) is 27.5. The number of aromatic nitrogens is 3. The number of aryl methyl sites for hydroxylation is 1. The molecule has 188 valence electrons. The van der Waals surface area contributed by atoms with E-state index in [0.717, 1.165) is 22.6 Å². The highest BCUT2D eigenvalue weighted by Gasteiger charge is 2.26. The number of anilines is 1. The van der Waals surface area contributed by atoms with Gasteiger partial charge in [-0.1, -0.05) is 32.6 Å². The predicted molar refractivity (Wildman–Crippen MR) is 137 cm³/mol. The molecule has 0 saturated carbocycles. The predicted octanol–water partition coefficient (Wildman–Crippen LogP) is 2.95. The van der Waals surface area contributed by atoms with Gasteiger partial charge >= 0.3 is 0 Å². The van der Waals surface area contributed by atoms with Gasteiger partial charge in [-0.05, 0) is 39.7 Å². The van der Waals surface area contributed by atoms with Crippen LogP contribution in [0.3, 0.4) is 0 Å². The number of rotatable bonds is 13. The molecule has 0 aromatic carbocycles. The number of nitrogens with one attached hydrogen (secondary N) is 1. The van der Waals surface area contributed by atoms with Crippen molar-refractivity contribution in [2.45, 2.75) is 66.3 Å². The molecule has 0 radical (unpaired) electrons. The Labute approximate surface area is 202 Å². The Kier molecular flexibility index (Phi) is 9.78. The first-order valence-corrected chi connectivity index (χ1v) is 11.7. The number of amides is 1. The third-order valence-electron chi connectivity index (χ3n) is 5.55. The smallest absolute Gasteiger partial charge is 0.237 e. The van der Waals surface area contributed by atoms with E-state index in [1.54, 1.807) is 6.08 Å². The molecular formula is C25H40N6O3. The van der Waals surface area contributed by atoms with Gasteiger partial charge in [0.25, 0.3) is 0 Å². The zero-order valence-corrected chi connectivity index (χ0v) is 21.4. The minimum atomic E-state index is -0.554. The lowest BCUT2D eigenvalue weighted by atomic mass is 10.1. The van der Waals surface area contributed by atoms with Gasteiger partial charge in [-0.25, -0.2) is 9.97 Å². The lowest BCUT2D eigenvalue weighted by molar-refractivity contribution is -0.123. The summed E-state index contributed by atoms with van der Waals surface area (Å²) in [6.45, 7) is 17.7. The summed E-state index contributed by atoms with van der Waals surface area (Å²) in [5, 5.41) is 2.84. The lowest BCUT2D eigenvalue weighted by Crippen LogP contribution is -2.45. The van der Waals surface area contributed by atoms with Crippen LogP contribution < -0.4 is 16.8 Å². The first-order chi connectivity index (χ1) is 16.0. The van der Waals surface area contributed by atoms with Crippen LogP contribution in [0.4, 0.5) is 5.82 Å². The molecule has 34 heavy (non-hydrogen) atoms. The third-order valence-corrected chi connectivity index (χ3v) is 5.55. The Morgan fingerprint density at radius 1 is 1.32 bits per heavy atom. The summed E-state index contributed by atoms with van der Waals surface area (Å²) in [5.74, 6) is 1.02. The van der Waals surface area contributed by atoms with E-state index < -0.39 is 11.6 Å². The van der Waals surface area contributed by atoms with Crippen LogP contribution in [-0.2, 0) is 27.4 Å². The summed E-state index contributed by atoms with van der Waals surface area (Å²) in [6, 6.07) is -0.530. The number of fused-ring (bicyclic) bond motifs is 1. The topological polar surface area (TPSA) is 130 Å². The SMILES string of the molecule is C=C/C=C\c1nc(N)c2nc(COCC)n(CC(C)(C)OCCNC(=O)C(N)C(C)C)c2c1C. The number of imidazole rings is 1. The van der Waals surface area contributed by atoms with Crippen molar-refractivity contribution in [1.29, 1.82) is 0 Å². The van der Waals surface area contributed by atoms with E-state index in [2.05, 4.69) is 21.4 Å². The summed E-state index contributed by atoms with van der Waals surface area (Å²) in [5.41, 5.74) is 14.9. The highest BCUT2D eigenvalue weighted by Crippen LogP contribution is 2.29. The van der Waals surface area contributed by atoms with Crippen LogP contribution in [0.2, 0.25) is 0 Å². The molecule has 2 aromatic rings. The average molecular weight is 473 g/mol. The van der Waals surface area contributed by atoms with Crippen LogP contribution in [-0.4, -0.2) is 51.8 Å². The second-order valence-electron chi connectivity index (χ2n) is 9.22. The van der Waals surface area contributed by atoms with Gasteiger partial charge in [0.1, 0.15) is 17.9 Å². The molecule has 0 bridgehead atoms. The lowest BCUT2D eigenvalue weighted by Gasteiger charge is -2.28. The molecule has 1 unspecified atom stereocenters. The van der Waals surface area contributed by atoms with Crippen LogP contribution in [0, 0.1) is 12.8 Å². The van der Waals surface area contributed by atoms with Crippen LogP contribution in [0.5, 0.6) is 0 Å². The Balaban J connectivity index is 2.29. The van der Waals surface area contributed by atoms with Gasteiger partial charge in [-0.15, -0.1) is 0 Å². The van der Waals surface area contributed by atoms with E-state index >= 15 is 0 Å². The van der Waals surface area contributed by atoms with Crippen molar-refractivity contribution in [3.63, 3.8) is 0 Å². The average Bonchev–Trinajstić information content (AvgIpc) is 3.14. The fourth-order valence-corrected chi connectivity index (χ4v) is 3.59. The molecular weight excluding hydrogens is 432 g/mol. The molecule has 9 heteroatoms. The minimum absolute atomic E-state index is 0.0759. The maximum absolute atomic E-state index is 12.1. The second kappa shape index (κ2) is 12.1. The summed E-state index contributed by atoms with van der Waals surface area (Å²) < 4.78 is 13.9. The number of carbonyl (C=O) groups is 1. The summed E-state index contributed by atoms with van der Waals surface area (Å²) in [4.78, 5) is 21.4. The van der Waals surface area contributed by atoms with Crippen LogP contribution in [0.15, 0.2) is 18.7 Å². The maximum Gasteiger partial charge on any atom is 0.237 e. The number of hydrogen-bond acceptors (Lipinski definition) is 7. The van der Waals surface area contributed by atoms with Crippen molar-refractivity contribution in [3.05, 3.63) is 35.8 Å². The Morgan fingerprint density at radius 3 is 2.65 bits per heavy atom. The number of nitrogen functional groups attached to an aromatic ring is 1. The Hall–Kier alpha value is -2.75. The fraction of sp³-hybridized carbons (Fsp3) is 0.560. The Morgan fingerprint density at radius 2 is 2.03 bits per heavy atom. The van der Waals surface area contributed by atoms with Crippen molar-refractivity contribution in [3.8, 4) is 0 Å². The quantitative estimate of drug-likeness (QED) is 0.302. The van der Waals surface area contributed by atoms with E-state index in [1.807, 2.05) is 53.7 Å². The number of pyridine rings is 1. The normalized spacial score (nSPS) is 13.2. The second-order valence-corrected chi connectivity index (χ2v) is 9.22. The molecule has 0 fully saturated rings. The summed E-state index contributed by atoms with van der Waals surface area (Å²) >= 11 is 0. The highest BCUT2D eigenvalue weighted by atomic mass is 16.5. The van der Waals surface area contributed by atoms with Crippen LogP contribution in [0.1, 0.15) is 51.7 Å². The first-order valence-electron chi connectivity index (χ1n) is 11.7. The number of hydrogen-bond donors (Lipinski definition) is 3. The molecule has 0 aliphatic carbocycles. The molecule has 0 aliphatic heterocycles. The fourth-order valence-electron chi connectivity index (χ4n) is 3.59. The number of nitrogens with two attached hydrogens (primary N) is 2. The van der Waals surface area contributed by atoms with Crippen molar-refractivity contribution in [2.24, 2.45) is 11.7 Å². The molecule has 9 nitrogen and oxygen atoms in total. The van der Waals surface area contributed by atoms with Gasteiger partial charge in [-0.2, -0.15) is 0 Å². The van der Waals surface area contributed by atoms with Gasteiger partial charge in [0, 0.05) is 18.7 Å². The zero-order valence-electron chi connectivity index (χ0n) is 21.4. The van der Waals surface area contributed by atoms with Crippen molar-refractivity contribution in [1.82, 2.24) is 19.9 Å². The van der Waals surface area contributed by atoms with Gasteiger partial charge in [0.15, 0.2) is 5.82 Å². The number of ether oxygens (including phenoxy) is 2. The monoisotopic (exact) mass is 472 g/mol. The van der Waals surface area contributed by atoms with Gasteiger partial charge in [0.2, 0.25) is 5.91 Å². The van der Waals surface area contributed by atoms with E-state index in [1.165, 1.54) is 0 Å². The summed E-state index contributed by atoms with van der Waals surface area (Å²) in [6.07, 6.45) is 5.40. The van der Waals surface area contributed by atoms with Gasteiger partial charge < -0.3 is 30.8 Å². The molecule has 0 spiro atoms. The molecule has 2 aromatic heterocycles. The summed E-state index contributed by atoms with van der Waals surface area (Å²) in [7, 11) is 0. The number of nitrogens with zero attached hydrogens (tertiary/aromatic N) is 3. The van der Waals surface area contributed by atoms with E-state index in [0.29, 0.717) is 44.2 Å². The van der Waals surface area contributed by atoms with Crippen molar-refractivity contribution < 1.29 is 14.3 Å². The van der Waals surface area contributed by atoms with Gasteiger partial charge in [-0.3, -0.25) is 4.79 Å². The molecule has 1 amide bonds. The molecule has 2 heterocycles. The molecule has 1 atom stereocenters. The van der Waals surface area contributed by atoms with E-state index in [4.69, 9.17) is 25.9 Å². The Bertz CT molecular complexity index is 1030. The standard InChI is InChI=1S/C25H40N6O3/c1-8-10-11-18-17(5)22-21(23(27)29-18)30-19(14-33-9-2)31(22)15-25(6,7)34-13-12-28-24(32)20(26)16(3)4/h8,10-11,16,20H,1,9,12-15,26H2,2-7H3,(H2,27,29)(H,28,32)/b11-10-. The van der Waals surface area contributed by atoms with Crippen molar-refractivity contribution in [2.75, 3.05) is 25.5 Å². The maximum atomic E-state index is 12.1. The number of allylic oxidation sites excluding steroid dienone is 2. The van der Waals surface area contributed by atoms with E-state index in [-0.39, 0.29) is 11.8 Å². The van der Waals surface area contributed by atoms with Crippen molar-refractivity contribution >= 4 is 28.8 Å². The minimum Gasteiger partial charge on any atom is -0.382 e. The molecule has 0 saturated heterocycles. The van der Waals surface area contributed by atoms with E-state index in [9.17, 15) is 4.79 Å². The van der Waals surface area contributed by atoms with Crippen LogP contribution >= 0.6 is 0 Å². The largest absolute Gasteiger partial charge is 0.382 e. The van der Waals surface area contributed by atoms with Crippen LogP contribution in [0.25, 0.3) is 17.1 Å².